The zero-order chi connectivity index (χ0) is 23.3. The van der Waals surface area contributed by atoms with Crippen molar-refractivity contribution in [1.29, 1.82) is 0 Å². The van der Waals surface area contributed by atoms with Crippen LogP contribution in [-0.2, 0) is 14.2 Å². The molecule has 4 atom stereocenters. The molecule has 0 N–H and O–H groups in total. The molecule has 0 saturated carbocycles. The lowest BCUT2D eigenvalue weighted by Gasteiger charge is -2.26. The highest BCUT2D eigenvalue weighted by atomic mass is 16.7. The van der Waals surface area contributed by atoms with E-state index in [0.29, 0.717) is 0 Å². The molecule has 0 radical (unpaired) electrons. The molecule has 0 aliphatic carbocycles. The van der Waals surface area contributed by atoms with Crippen molar-refractivity contribution >= 4 is 0 Å². The van der Waals surface area contributed by atoms with Crippen LogP contribution in [0.25, 0.3) is 0 Å². The van der Waals surface area contributed by atoms with Gasteiger partial charge in [-0.05, 0) is 36.8 Å². The second kappa shape index (κ2) is 10.0. The van der Waals surface area contributed by atoms with Gasteiger partial charge in [-0.25, -0.2) is 0 Å². The number of ether oxygens (including phenoxy) is 3. The molecule has 0 bridgehead atoms. The molecular formula is C30H34O3. The minimum Gasteiger partial charge on any atom is -0.362 e. The summed E-state index contributed by atoms with van der Waals surface area (Å²) < 4.78 is 19.7. The third-order valence-corrected chi connectivity index (χ3v) is 6.70. The van der Waals surface area contributed by atoms with Gasteiger partial charge < -0.3 is 14.2 Å². The fourth-order valence-electron chi connectivity index (χ4n) is 5.01. The van der Waals surface area contributed by atoms with Gasteiger partial charge in [-0.2, -0.15) is 0 Å². The number of rotatable bonds is 14. The minimum atomic E-state index is -0.324. The van der Waals surface area contributed by atoms with Gasteiger partial charge in [0, 0.05) is 0 Å². The molecule has 0 amide bonds. The van der Waals surface area contributed by atoms with Crippen molar-refractivity contribution in [2.75, 3.05) is 0 Å². The summed E-state index contributed by atoms with van der Waals surface area (Å²) >= 11 is 0. The summed E-state index contributed by atoms with van der Waals surface area (Å²) in [5.41, 5.74) is 1.54. The maximum absolute atomic E-state index is 6.98. The number of hydrogen-bond donors (Lipinski definition) is 0. The fourth-order valence-corrected chi connectivity index (χ4v) is 5.01. The normalized spacial score (nSPS) is 23.6. The average Bonchev–Trinajstić information content (AvgIpc) is 3.72. The molecule has 2 heterocycles. The van der Waals surface area contributed by atoms with Crippen LogP contribution in [-0.4, -0.2) is 23.4 Å². The van der Waals surface area contributed by atoms with Gasteiger partial charge in [0.05, 0.1) is 0 Å². The molecule has 33 heavy (non-hydrogen) atoms. The number of hydrogen-bond acceptors (Lipinski definition) is 3. The van der Waals surface area contributed by atoms with E-state index >= 15 is 0 Å². The van der Waals surface area contributed by atoms with E-state index in [1.54, 1.807) is 0 Å². The Labute approximate surface area is 198 Å². The lowest BCUT2D eigenvalue weighted by atomic mass is 9.89. The Kier molecular flexibility index (Phi) is 7.14. The smallest absolute Gasteiger partial charge is 0.118 e. The predicted molar refractivity (Wildman–Crippen MR) is 134 cm³/mol. The quantitative estimate of drug-likeness (QED) is 0.232. The van der Waals surface area contributed by atoms with Gasteiger partial charge in [-0.15, -0.1) is 26.3 Å². The third-order valence-electron chi connectivity index (χ3n) is 6.70. The summed E-state index contributed by atoms with van der Waals surface area (Å²) in [6, 6.07) is 20.6. The van der Waals surface area contributed by atoms with Gasteiger partial charge >= 0.3 is 0 Å². The van der Waals surface area contributed by atoms with Crippen molar-refractivity contribution < 1.29 is 14.2 Å². The summed E-state index contributed by atoms with van der Waals surface area (Å²) in [4.78, 5) is 0. The van der Waals surface area contributed by atoms with Crippen molar-refractivity contribution in [3.05, 3.63) is 122 Å². The van der Waals surface area contributed by atoms with Crippen LogP contribution in [0.2, 0.25) is 0 Å². The lowest BCUT2D eigenvalue weighted by molar-refractivity contribution is -0.0424. The monoisotopic (exact) mass is 442 g/mol. The summed E-state index contributed by atoms with van der Waals surface area (Å²) in [7, 11) is 0. The average molecular weight is 443 g/mol. The lowest BCUT2D eigenvalue weighted by Crippen LogP contribution is -2.27. The van der Waals surface area contributed by atoms with E-state index in [0.717, 1.165) is 36.8 Å². The van der Waals surface area contributed by atoms with E-state index in [1.165, 1.54) is 0 Å². The maximum atomic E-state index is 6.98. The van der Waals surface area contributed by atoms with Gasteiger partial charge in [-0.3, -0.25) is 0 Å². The predicted octanol–water partition coefficient (Wildman–Crippen LogP) is 7.07. The Morgan fingerprint density at radius 1 is 0.636 bits per heavy atom. The summed E-state index contributed by atoms with van der Waals surface area (Å²) in [6.45, 7) is 15.8. The maximum Gasteiger partial charge on any atom is 0.118 e. The topological polar surface area (TPSA) is 34.3 Å². The Hall–Kier alpha value is -2.72. The molecular weight excluding hydrogens is 408 g/mol. The number of epoxide rings is 2. The minimum absolute atomic E-state index is 0.0888. The zero-order valence-corrected chi connectivity index (χ0v) is 19.3. The van der Waals surface area contributed by atoms with Crippen molar-refractivity contribution in [3.8, 4) is 0 Å². The van der Waals surface area contributed by atoms with Crippen LogP contribution >= 0.6 is 0 Å². The molecule has 2 aliphatic rings. The van der Waals surface area contributed by atoms with Crippen molar-refractivity contribution in [2.45, 2.75) is 61.3 Å². The highest BCUT2D eigenvalue weighted by Gasteiger charge is 2.62. The summed E-state index contributed by atoms with van der Waals surface area (Å²) in [5, 5.41) is 0. The van der Waals surface area contributed by atoms with Gasteiger partial charge in [0.15, 0.2) is 0 Å². The molecule has 2 aromatic carbocycles. The van der Waals surface area contributed by atoms with Gasteiger partial charge in [-0.1, -0.05) is 85.0 Å². The van der Waals surface area contributed by atoms with Crippen LogP contribution in [0.5, 0.6) is 0 Å². The number of benzene rings is 2. The highest BCUT2D eigenvalue weighted by Crippen LogP contribution is 2.56. The first-order chi connectivity index (χ1) is 16.1. The van der Waals surface area contributed by atoms with E-state index in [1.807, 2.05) is 60.7 Å². The van der Waals surface area contributed by atoms with Crippen LogP contribution in [0.3, 0.4) is 0 Å². The molecule has 2 aromatic rings. The van der Waals surface area contributed by atoms with Crippen LogP contribution in [0.1, 0.15) is 49.0 Å². The van der Waals surface area contributed by atoms with Crippen LogP contribution in [0, 0.1) is 0 Å². The van der Waals surface area contributed by atoms with Crippen molar-refractivity contribution in [3.63, 3.8) is 0 Å². The fraction of sp³-hybridized carbons (Fsp3) is 0.333. The van der Waals surface area contributed by atoms with Gasteiger partial charge in [0.1, 0.15) is 35.6 Å². The SMILES string of the molecule is C=CCC1(CC=C)OC1C(OC(c1ccccc1)C1OC1(CC=C)CC=C)c1ccccc1. The summed E-state index contributed by atoms with van der Waals surface area (Å²) in [6.07, 6.45) is 10.0. The third kappa shape index (κ3) is 4.81. The Morgan fingerprint density at radius 2 is 0.970 bits per heavy atom. The first kappa shape index (κ1) is 23.4. The Morgan fingerprint density at radius 3 is 1.27 bits per heavy atom. The molecule has 3 nitrogen and oxygen atoms in total. The van der Waals surface area contributed by atoms with Crippen LogP contribution in [0.15, 0.2) is 111 Å². The molecule has 0 spiro atoms. The largest absolute Gasteiger partial charge is 0.362 e. The zero-order valence-electron chi connectivity index (χ0n) is 19.3. The Bertz CT molecular complexity index is 865. The molecule has 3 heteroatoms. The highest BCUT2D eigenvalue weighted by molar-refractivity contribution is 5.28. The molecule has 2 saturated heterocycles. The first-order valence-electron chi connectivity index (χ1n) is 11.7. The molecule has 172 valence electrons. The van der Waals surface area contributed by atoms with Gasteiger partial charge in [0.2, 0.25) is 0 Å². The van der Waals surface area contributed by atoms with Crippen molar-refractivity contribution in [1.82, 2.24) is 0 Å². The molecule has 4 rings (SSSR count). The van der Waals surface area contributed by atoms with E-state index in [-0.39, 0.29) is 35.6 Å². The first-order valence-corrected chi connectivity index (χ1v) is 11.7. The molecule has 2 fully saturated rings. The molecule has 0 aromatic heterocycles. The standard InChI is InChI=1S/C30H34O3/c1-5-19-29(20-6-2)27(32-29)25(23-15-11-9-12-16-23)31-26(24-17-13-10-14-18-24)28-30(33-28,21-7-3)22-8-4/h5-18,25-28H,1-4,19-22H2. The second-order valence-electron chi connectivity index (χ2n) is 8.98. The second-order valence-corrected chi connectivity index (χ2v) is 8.98. The van der Waals surface area contributed by atoms with Crippen LogP contribution in [0.4, 0.5) is 0 Å². The van der Waals surface area contributed by atoms with Crippen LogP contribution < -0.4 is 0 Å². The van der Waals surface area contributed by atoms with Gasteiger partial charge in [0.25, 0.3) is 0 Å². The molecule has 2 aliphatic heterocycles. The molecule has 4 unspecified atom stereocenters. The van der Waals surface area contributed by atoms with E-state index in [4.69, 9.17) is 14.2 Å². The Balaban J connectivity index is 1.68. The van der Waals surface area contributed by atoms with Crippen molar-refractivity contribution in [2.24, 2.45) is 0 Å². The van der Waals surface area contributed by atoms with E-state index < -0.39 is 0 Å². The van der Waals surface area contributed by atoms with E-state index in [9.17, 15) is 0 Å². The summed E-state index contributed by atoms with van der Waals surface area (Å²) in [5.74, 6) is 0. The van der Waals surface area contributed by atoms with E-state index in [2.05, 4.69) is 50.6 Å².